The van der Waals surface area contributed by atoms with Crippen LogP contribution in [0.5, 0.6) is 5.88 Å². The van der Waals surface area contributed by atoms with Gasteiger partial charge < -0.3 is 9.84 Å². The number of aromatic nitrogens is 2. The van der Waals surface area contributed by atoms with Gasteiger partial charge in [-0.3, -0.25) is 0 Å². The fraction of sp³-hybridized carbons (Fsp3) is 0.200. The fourth-order valence-corrected chi connectivity index (χ4v) is 2.89. The summed E-state index contributed by atoms with van der Waals surface area (Å²) in [6.07, 6.45) is -0.693. The van der Waals surface area contributed by atoms with E-state index in [1.165, 1.54) is 0 Å². The maximum absolute atomic E-state index is 11.3. The van der Waals surface area contributed by atoms with Crippen LogP contribution in [0, 0.1) is 6.92 Å². The predicted molar refractivity (Wildman–Crippen MR) is 101 cm³/mol. The van der Waals surface area contributed by atoms with Gasteiger partial charge in [0.2, 0.25) is 0 Å². The summed E-state index contributed by atoms with van der Waals surface area (Å²) in [4.78, 5) is 11.3. The molecule has 0 saturated carbocycles. The first-order chi connectivity index (χ1) is 12.5. The molecule has 0 fully saturated rings. The number of aliphatic carboxylic acids is 1. The molecule has 2 aromatic carbocycles. The molecule has 3 aromatic rings. The Morgan fingerprint density at radius 1 is 1.19 bits per heavy atom. The van der Waals surface area contributed by atoms with Crippen LogP contribution in [0.25, 0.3) is 16.9 Å². The Bertz CT molecular complexity index is 905. The molecule has 0 saturated heterocycles. The lowest BCUT2D eigenvalue weighted by Crippen LogP contribution is -2.26. The number of rotatable bonds is 6. The second kappa shape index (κ2) is 7.62. The van der Waals surface area contributed by atoms with Gasteiger partial charge in [-0.2, -0.15) is 0 Å². The van der Waals surface area contributed by atoms with Gasteiger partial charge in [-0.1, -0.05) is 66.6 Å². The summed E-state index contributed by atoms with van der Waals surface area (Å²) in [5.41, 5.74) is 3.47. The zero-order valence-corrected chi connectivity index (χ0v) is 15.3. The van der Waals surface area contributed by atoms with Crippen LogP contribution >= 0.6 is 11.6 Å². The van der Waals surface area contributed by atoms with Gasteiger partial charge in [0.15, 0.2) is 6.10 Å². The van der Waals surface area contributed by atoms with Crippen LogP contribution in [0.4, 0.5) is 0 Å². The van der Waals surface area contributed by atoms with E-state index in [4.69, 9.17) is 16.3 Å². The minimum atomic E-state index is -1.05. The minimum absolute atomic E-state index is 0.111. The van der Waals surface area contributed by atoms with Gasteiger partial charge >= 0.3 is 5.97 Å². The summed E-state index contributed by atoms with van der Waals surface area (Å²) in [6, 6.07) is 17.4. The highest BCUT2D eigenvalue weighted by molar-refractivity contribution is 6.34. The van der Waals surface area contributed by atoms with Gasteiger partial charge in [-0.05, 0) is 25.5 Å². The Morgan fingerprint density at radius 2 is 1.85 bits per heavy atom. The van der Waals surface area contributed by atoms with Gasteiger partial charge in [0, 0.05) is 5.56 Å². The largest absolute Gasteiger partial charge is 0.479 e. The summed E-state index contributed by atoms with van der Waals surface area (Å²) >= 11 is 6.56. The zero-order valence-electron chi connectivity index (χ0n) is 14.5. The normalized spacial score (nSPS) is 12.0. The maximum Gasteiger partial charge on any atom is 0.344 e. The molecule has 134 valence electrons. The quantitative estimate of drug-likeness (QED) is 0.680. The number of carboxylic acid groups (broad SMARTS) is 1. The van der Waals surface area contributed by atoms with Gasteiger partial charge in [0.1, 0.15) is 5.02 Å². The molecule has 1 N–H and O–H groups in total. The molecule has 5 nitrogen and oxygen atoms in total. The average Bonchev–Trinajstić information content (AvgIpc) is 2.97. The van der Waals surface area contributed by atoms with Gasteiger partial charge in [-0.25, -0.2) is 9.48 Å². The van der Waals surface area contributed by atoms with Crippen LogP contribution < -0.4 is 4.74 Å². The summed E-state index contributed by atoms with van der Waals surface area (Å²) < 4.78 is 7.26. The van der Waals surface area contributed by atoms with Crippen LogP contribution in [-0.4, -0.2) is 27.0 Å². The van der Waals surface area contributed by atoms with Crippen LogP contribution in [0.2, 0.25) is 5.02 Å². The van der Waals surface area contributed by atoms with Crippen molar-refractivity contribution in [1.82, 2.24) is 9.78 Å². The number of carbonyl (C=O) groups is 1. The van der Waals surface area contributed by atoms with Crippen LogP contribution in [0.15, 0.2) is 54.6 Å². The predicted octanol–water partition coefficient (Wildman–Crippen LogP) is 4.74. The third-order valence-corrected chi connectivity index (χ3v) is 4.36. The van der Waals surface area contributed by atoms with Crippen LogP contribution in [-0.2, 0) is 4.79 Å². The highest BCUT2D eigenvalue weighted by atomic mass is 35.5. The van der Waals surface area contributed by atoms with Gasteiger partial charge in [0.25, 0.3) is 5.88 Å². The highest BCUT2D eigenvalue weighted by Crippen LogP contribution is 2.37. The summed E-state index contributed by atoms with van der Waals surface area (Å²) in [5, 5.41) is 14.0. The standard InChI is InChI=1S/C20H19ClN2O3/c1-3-16(20(24)25)26-19-17(21)18(14-11-9-13(2)10-12-14)23(22-19)15-7-5-4-6-8-15/h4-12,16H,3H2,1-2H3,(H,24,25). The van der Waals surface area contributed by atoms with Gasteiger partial charge in [-0.15, -0.1) is 5.10 Å². The van der Waals surface area contributed by atoms with Crippen molar-refractivity contribution in [2.75, 3.05) is 0 Å². The molecule has 1 unspecified atom stereocenters. The smallest absolute Gasteiger partial charge is 0.344 e. The number of para-hydroxylation sites is 1. The molecule has 0 aliphatic carbocycles. The first-order valence-electron chi connectivity index (χ1n) is 8.31. The maximum atomic E-state index is 11.3. The first kappa shape index (κ1) is 18.0. The van der Waals surface area contributed by atoms with E-state index >= 15 is 0 Å². The number of benzene rings is 2. The van der Waals surface area contributed by atoms with Crippen molar-refractivity contribution in [3.05, 3.63) is 65.2 Å². The van der Waals surface area contributed by atoms with E-state index in [2.05, 4.69) is 5.10 Å². The summed E-state index contributed by atoms with van der Waals surface area (Å²) in [6.45, 7) is 3.74. The number of carboxylic acids is 1. The SMILES string of the molecule is CCC(Oc1nn(-c2ccccc2)c(-c2ccc(C)cc2)c1Cl)C(=O)O. The molecule has 1 atom stereocenters. The molecule has 1 aromatic heterocycles. The molecule has 0 amide bonds. The number of aryl methyl sites for hydroxylation is 1. The van der Waals surface area contributed by atoms with Crippen LogP contribution in [0.1, 0.15) is 18.9 Å². The average molecular weight is 371 g/mol. The molecular weight excluding hydrogens is 352 g/mol. The topological polar surface area (TPSA) is 64.4 Å². The molecule has 1 heterocycles. The summed E-state index contributed by atoms with van der Waals surface area (Å²) in [7, 11) is 0. The number of nitrogens with zero attached hydrogens (tertiary/aromatic N) is 2. The number of hydrogen-bond donors (Lipinski definition) is 1. The molecule has 26 heavy (non-hydrogen) atoms. The van der Waals surface area contributed by atoms with E-state index in [9.17, 15) is 9.90 Å². The van der Waals surface area contributed by atoms with E-state index < -0.39 is 12.1 Å². The number of ether oxygens (including phenoxy) is 1. The molecule has 6 heteroatoms. The number of hydrogen-bond acceptors (Lipinski definition) is 3. The lowest BCUT2D eigenvalue weighted by molar-refractivity contribution is -0.145. The van der Waals surface area contributed by atoms with E-state index in [1.54, 1.807) is 11.6 Å². The van der Waals surface area contributed by atoms with Crippen molar-refractivity contribution < 1.29 is 14.6 Å². The molecule has 0 spiro atoms. The zero-order chi connectivity index (χ0) is 18.7. The van der Waals surface area contributed by atoms with Crippen molar-refractivity contribution in [2.24, 2.45) is 0 Å². The molecular formula is C20H19ClN2O3. The first-order valence-corrected chi connectivity index (χ1v) is 8.69. The third kappa shape index (κ3) is 3.58. The Morgan fingerprint density at radius 3 is 2.42 bits per heavy atom. The minimum Gasteiger partial charge on any atom is -0.479 e. The Balaban J connectivity index is 2.14. The fourth-order valence-electron chi connectivity index (χ4n) is 2.61. The molecule has 0 aliphatic rings. The van der Waals surface area contributed by atoms with E-state index in [1.807, 2.05) is 61.5 Å². The third-order valence-electron chi connectivity index (χ3n) is 4.02. The lowest BCUT2D eigenvalue weighted by Gasteiger charge is -2.10. The van der Waals surface area contributed by atoms with Crippen molar-refractivity contribution in [1.29, 1.82) is 0 Å². The molecule has 0 bridgehead atoms. The Labute approximate surface area is 156 Å². The number of halogens is 1. The van der Waals surface area contributed by atoms with Crippen LogP contribution in [0.3, 0.4) is 0 Å². The monoisotopic (exact) mass is 370 g/mol. The molecule has 0 aliphatic heterocycles. The van der Waals surface area contributed by atoms with E-state index in [-0.39, 0.29) is 10.9 Å². The van der Waals surface area contributed by atoms with E-state index in [0.717, 1.165) is 16.8 Å². The second-order valence-electron chi connectivity index (χ2n) is 5.93. The van der Waals surface area contributed by atoms with E-state index in [0.29, 0.717) is 12.1 Å². The Kier molecular flexibility index (Phi) is 5.28. The molecule has 3 rings (SSSR count). The Hall–Kier alpha value is -2.79. The van der Waals surface area contributed by atoms with Crippen molar-refractivity contribution in [2.45, 2.75) is 26.4 Å². The summed E-state index contributed by atoms with van der Waals surface area (Å²) in [5.74, 6) is -0.935. The van der Waals surface area contributed by atoms with Crippen molar-refractivity contribution in [3.8, 4) is 22.8 Å². The molecule has 0 radical (unpaired) electrons. The van der Waals surface area contributed by atoms with Gasteiger partial charge in [0.05, 0.1) is 11.4 Å². The van der Waals surface area contributed by atoms with Crippen molar-refractivity contribution >= 4 is 17.6 Å². The second-order valence-corrected chi connectivity index (χ2v) is 6.31. The highest BCUT2D eigenvalue weighted by Gasteiger charge is 2.25. The van der Waals surface area contributed by atoms with Crippen molar-refractivity contribution in [3.63, 3.8) is 0 Å². The lowest BCUT2D eigenvalue weighted by atomic mass is 10.1.